The lowest BCUT2D eigenvalue weighted by Crippen LogP contribution is -2.45. The van der Waals surface area contributed by atoms with Crippen molar-refractivity contribution in [2.24, 2.45) is 11.8 Å². The number of likely N-dealkylation sites (tertiary alicyclic amines) is 1. The zero-order valence-electron chi connectivity index (χ0n) is 18.0. The Kier molecular flexibility index (Phi) is 4.47. The quantitative estimate of drug-likeness (QED) is 0.672. The predicted molar refractivity (Wildman–Crippen MR) is 114 cm³/mol. The molecule has 6 rings (SSSR count). The van der Waals surface area contributed by atoms with E-state index in [0.29, 0.717) is 23.7 Å². The first kappa shape index (κ1) is 19.7. The van der Waals surface area contributed by atoms with Crippen LogP contribution in [0.25, 0.3) is 11.4 Å². The molecule has 0 unspecified atom stereocenters. The van der Waals surface area contributed by atoms with Gasteiger partial charge in [0.1, 0.15) is 11.3 Å². The minimum atomic E-state index is -0.649. The molecule has 3 aliphatic heterocycles. The summed E-state index contributed by atoms with van der Waals surface area (Å²) in [5.74, 6) is -0.383. The maximum Gasteiger partial charge on any atom is 0.230 e. The second-order valence-corrected chi connectivity index (χ2v) is 9.39. The van der Waals surface area contributed by atoms with Crippen LogP contribution in [0.1, 0.15) is 31.4 Å². The predicted octanol–water partition coefficient (Wildman–Crippen LogP) is 2.42. The van der Waals surface area contributed by atoms with Crippen LogP contribution in [0.5, 0.6) is 0 Å². The summed E-state index contributed by atoms with van der Waals surface area (Å²) in [6.07, 6.45) is 9.76. The van der Waals surface area contributed by atoms with Crippen LogP contribution in [0, 0.1) is 11.8 Å². The summed E-state index contributed by atoms with van der Waals surface area (Å²) in [5.41, 5.74) is 0.697. The lowest BCUT2D eigenvalue weighted by atomic mass is 9.76. The Bertz CT molecular complexity index is 1080. The van der Waals surface area contributed by atoms with Gasteiger partial charge < -0.3 is 19.1 Å². The van der Waals surface area contributed by atoms with Crippen LogP contribution in [0.3, 0.4) is 0 Å². The molecule has 2 amide bonds. The van der Waals surface area contributed by atoms with E-state index in [9.17, 15) is 9.59 Å². The van der Waals surface area contributed by atoms with Crippen LogP contribution in [-0.4, -0.2) is 63.1 Å². The highest BCUT2D eigenvalue weighted by Crippen LogP contribution is 2.53. The molecular formula is C24H26N4O4. The molecule has 1 saturated carbocycles. The molecule has 1 aliphatic carbocycles. The lowest BCUT2D eigenvalue weighted by molar-refractivity contribution is -0.143. The van der Waals surface area contributed by atoms with E-state index in [4.69, 9.17) is 9.26 Å². The van der Waals surface area contributed by atoms with Crippen molar-refractivity contribution in [2.75, 3.05) is 13.6 Å². The van der Waals surface area contributed by atoms with E-state index in [0.717, 1.165) is 25.7 Å². The van der Waals surface area contributed by atoms with Crippen LogP contribution >= 0.6 is 0 Å². The third-order valence-electron chi connectivity index (χ3n) is 7.44. The molecule has 2 saturated heterocycles. The van der Waals surface area contributed by atoms with Gasteiger partial charge in [0.15, 0.2) is 5.76 Å². The van der Waals surface area contributed by atoms with Gasteiger partial charge in [0, 0.05) is 25.4 Å². The van der Waals surface area contributed by atoms with Crippen LogP contribution < -0.4 is 0 Å². The number of hydrogen-bond acceptors (Lipinski definition) is 6. The second kappa shape index (κ2) is 7.27. The average molecular weight is 434 g/mol. The Morgan fingerprint density at radius 1 is 1.28 bits per heavy atom. The van der Waals surface area contributed by atoms with Crippen molar-refractivity contribution in [1.82, 2.24) is 19.9 Å². The molecule has 5 heterocycles. The van der Waals surface area contributed by atoms with Crippen molar-refractivity contribution in [3.8, 4) is 11.4 Å². The molecule has 4 atom stereocenters. The smallest absolute Gasteiger partial charge is 0.230 e. The molecule has 8 heteroatoms. The fourth-order valence-corrected chi connectivity index (χ4v) is 5.92. The highest BCUT2D eigenvalue weighted by molar-refractivity contribution is 5.93. The van der Waals surface area contributed by atoms with E-state index in [2.05, 4.69) is 10.1 Å². The summed E-state index contributed by atoms with van der Waals surface area (Å²) in [5, 5.41) is 4.08. The van der Waals surface area contributed by atoms with Crippen LogP contribution in [0.4, 0.5) is 0 Å². The van der Waals surface area contributed by atoms with Gasteiger partial charge in [0.2, 0.25) is 11.8 Å². The van der Waals surface area contributed by atoms with Gasteiger partial charge in [0.05, 0.1) is 36.7 Å². The fraction of sp³-hybridized carbons (Fsp3) is 0.500. The fourth-order valence-electron chi connectivity index (χ4n) is 5.92. The van der Waals surface area contributed by atoms with Crippen LogP contribution in [0.2, 0.25) is 0 Å². The Labute approximate surface area is 186 Å². The number of pyridine rings is 1. The number of fused-ring (bicyclic) bond motifs is 1. The number of carbonyl (C=O) groups excluding carboxylic acids is 2. The van der Waals surface area contributed by atoms with E-state index in [1.807, 2.05) is 35.3 Å². The highest BCUT2D eigenvalue weighted by Gasteiger charge is 2.67. The molecule has 8 nitrogen and oxygen atoms in total. The lowest BCUT2D eigenvalue weighted by Gasteiger charge is -2.28. The number of nitrogens with zero attached hydrogens (tertiary/aromatic N) is 4. The number of hydrogen-bond donors (Lipinski definition) is 0. The van der Waals surface area contributed by atoms with E-state index >= 15 is 0 Å². The van der Waals surface area contributed by atoms with Gasteiger partial charge in [-0.05, 0) is 25.0 Å². The van der Waals surface area contributed by atoms with E-state index in [-0.39, 0.29) is 30.5 Å². The molecule has 4 aliphatic rings. The molecule has 2 bridgehead atoms. The Balaban J connectivity index is 1.19. The van der Waals surface area contributed by atoms with Gasteiger partial charge in [-0.15, -0.1) is 0 Å². The van der Waals surface area contributed by atoms with Crippen molar-refractivity contribution in [2.45, 2.75) is 50.0 Å². The molecule has 2 aromatic rings. The van der Waals surface area contributed by atoms with Crippen molar-refractivity contribution in [3.63, 3.8) is 0 Å². The Hall–Kier alpha value is -3.00. The van der Waals surface area contributed by atoms with E-state index in [1.54, 1.807) is 24.2 Å². The minimum absolute atomic E-state index is 0.0765. The summed E-state index contributed by atoms with van der Waals surface area (Å²) in [7, 11) is 1.74. The number of rotatable bonds is 5. The van der Waals surface area contributed by atoms with Crippen LogP contribution in [-0.2, 0) is 20.9 Å². The maximum absolute atomic E-state index is 13.5. The molecule has 0 aromatic carbocycles. The molecule has 2 aromatic heterocycles. The Morgan fingerprint density at radius 3 is 2.91 bits per heavy atom. The topological polar surface area (TPSA) is 88.8 Å². The molecular weight excluding hydrogens is 408 g/mol. The second-order valence-electron chi connectivity index (χ2n) is 9.39. The zero-order valence-corrected chi connectivity index (χ0v) is 18.0. The molecule has 32 heavy (non-hydrogen) atoms. The maximum atomic E-state index is 13.5. The molecule has 1 spiro atoms. The van der Waals surface area contributed by atoms with Crippen molar-refractivity contribution < 1.29 is 18.8 Å². The number of aromatic nitrogens is 2. The monoisotopic (exact) mass is 434 g/mol. The normalized spacial score (nSPS) is 31.0. The van der Waals surface area contributed by atoms with Gasteiger partial charge in [-0.1, -0.05) is 36.2 Å². The SMILES string of the molecule is CN(Cc1cc(-c2ccccn2)no1)C(=O)[C@H]1[C@@H]2C=C[C@@]3(CN(C4CCCC4)C(=O)[C@@H]13)O2. The first-order valence-electron chi connectivity index (χ1n) is 11.4. The first-order valence-corrected chi connectivity index (χ1v) is 11.4. The van der Waals surface area contributed by atoms with Gasteiger partial charge in [0.25, 0.3) is 0 Å². The van der Waals surface area contributed by atoms with Crippen LogP contribution in [0.15, 0.2) is 47.1 Å². The third kappa shape index (κ3) is 2.92. The summed E-state index contributed by atoms with van der Waals surface area (Å²) in [6.45, 7) is 0.836. The summed E-state index contributed by atoms with van der Waals surface area (Å²) in [4.78, 5) is 34.8. The summed E-state index contributed by atoms with van der Waals surface area (Å²) >= 11 is 0. The first-order chi connectivity index (χ1) is 15.6. The van der Waals surface area contributed by atoms with Gasteiger partial charge in [-0.3, -0.25) is 14.6 Å². The number of carbonyl (C=O) groups is 2. The molecule has 0 radical (unpaired) electrons. The van der Waals surface area contributed by atoms with Gasteiger partial charge >= 0.3 is 0 Å². The van der Waals surface area contributed by atoms with E-state index < -0.39 is 17.4 Å². The molecule has 166 valence electrons. The summed E-state index contributed by atoms with van der Waals surface area (Å²) in [6, 6.07) is 7.67. The minimum Gasteiger partial charge on any atom is -0.360 e. The van der Waals surface area contributed by atoms with E-state index in [1.165, 1.54) is 0 Å². The zero-order chi connectivity index (χ0) is 21.9. The van der Waals surface area contributed by atoms with Crippen molar-refractivity contribution in [1.29, 1.82) is 0 Å². The standard InChI is InChI=1S/C24H26N4O4/c1-27(13-16-12-18(26-32-16)17-8-4-5-11-25-17)22(29)20-19-9-10-24(31-19)14-28(23(30)21(20)24)15-6-2-3-7-15/h4-5,8-12,15,19-21H,2-3,6-7,13-14H2,1H3/t19-,20-,21+,24-/m0/s1. The highest BCUT2D eigenvalue weighted by atomic mass is 16.5. The number of ether oxygens (including phenoxy) is 1. The van der Waals surface area contributed by atoms with Gasteiger partial charge in [-0.2, -0.15) is 0 Å². The molecule has 0 N–H and O–H groups in total. The number of amides is 2. The largest absolute Gasteiger partial charge is 0.360 e. The average Bonchev–Trinajstić information content (AvgIpc) is 3.62. The van der Waals surface area contributed by atoms with Crippen molar-refractivity contribution in [3.05, 3.63) is 48.4 Å². The van der Waals surface area contributed by atoms with Crippen molar-refractivity contribution >= 4 is 11.8 Å². The summed E-state index contributed by atoms with van der Waals surface area (Å²) < 4.78 is 11.7. The molecule has 3 fully saturated rings. The Morgan fingerprint density at radius 2 is 2.12 bits per heavy atom. The third-order valence-corrected chi connectivity index (χ3v) is 7.44. The van der Waals surface area contributed by atoms with Gasteiger partial charge in [-0.25, -0.2) is 0 Å².